The summed E-state index contributed by atoms with van der Waals surface area (Å²) < 4.78 is 23.3. The Morgan fingerprint density at radius 3 is 2.50 bits per heavy atom. The van der Waals surface area contributed by atoms with Gasteiger partial charge in [0.25, 0.3) is 0 Å². The van der Waals surface area contributed by atoms with E-state index < -0.39 is 12.1 Å². The van der Waals surface area contributed by atoms with E-state index in [4.69, 9.17) is 18.9 Å². The number of allylic oxidation sites excluding steroid dienone is 1. The van der Waals surface area contributed by atoms with Crippen LogP contribution in [-0.2, 0) is 20.7 Å². The van der Waals surface area contributed by atoms with Gasteiger partial charge in [0.1, 0.15) is 24.5 Å². The van der Waals surface area contributed by atoms with Crippen molar-refractivity contribution in [1.29, 1.82) is 0 Å². The molecule has 0 radical (unpaired) electrons. The van der Waals surface area contributed by atoms with Crippen LogP contribution in [0.25, 0.3) is 0 Å². The maximum atomic E-state index is 14.1. The monoisotopic (exact) mass is 575 g/mol. The molecule has 226 valence electrons. The van der Waals surface area contributed by atoms with Crippen molar-refractivity contribution in [3.05, 3.63) is 65.7 Å². The maximum absolute atomic E-state index is 14.1. The fourth-order valence-corrected chi connectivity index (χ4v) is 6.79. The summed E-state index contributed by atoms with van der Waals surface area (Å²) in [4.78, 5) is 29.9. The van der Waals surface area contributed by atoms with Crippen LogP contribution in [0.1, 0.15) is 81.4 Å². The molecule has 1 aliphatic carbocycles. The van der Waals surface area contributed by atoms with E-state index in [1.165, 1.54) is 19.3 Å². The predicted octanol–water partition coefficient (Wildman–Crippen LogP) is 6.84. The van der Waals surface area contributed by atoms with Crippen molar-refractivity contribution in [1.82, 2.24) is 4.90 Å². The standard InChI is InChI=1S/C35H45NO6/c1-39-32-20-18-25(23-33(32)40-2)17-19-31-27-13-10-14-28(24-27)41-22-9-7-15-29(26-11-4-3-5-12-26)34(37)36-21-8-6-16-30(36)35(38)42-31/h7,9-10,13-14,18,20,23-24,26,29-31H,3-6,8,11-12,15-17,19,21-22H2,1-2H3/b9-7-/t29-,30+,31-/m1/s1. The predicted molar refractivity (Wildman–Crippen MR) is 162 cm³/mol. The Hall–Kier alpha value is -3.48. The second-order valence-electron chi connectivity index (χ2n) is 11.8. The Kier molecular flexibility index (Phi) is 10.4. The number of rotatable bonds is 6. The number of piperidine rings is 1. The van der Waals surface area contributed by atoms with Gasteiger partial charge in [-0.3, -0.25) is 4.79 Å². The van der Waals surface area contributed by atoms with Gasteiger partial charge < -0.3 is 23.8 Å². The molecule has 3 aliphatic rings. The lowest BCUT2D eigenvalue weighted by atomic mass is 9.77. The van der Waals surface area contributed by atoms with Gasteiger partial charge in [-0.25, -0.2) is 4.79 Å². The molecule has 2 aromatic carbocycles. The Balaban J connectivity index is 1.42. The number of hydrogen-bond donors (Lipinski definition) is 0. The number of methoxy groups -OCH3 is 2. The number of hydrogen-bond acceptors (Lipinski definition) is 6. The number of nitrogens with zero attached hydrogens (tertiary/aromatic N) is 1. The summed E-state index contributed by atoms with van der Waals surface area (Å²) in [5.74, 6) is 2.14. The van der Waals surface area contributed by atoms with Crippen LogP contribution in [0.5, 0.6) is 17.2 Å². The third-order valence-electron chi connectivity index (χ3n) is 9.13. The second kappa shape index (κ2) is 14.6. The van der Waals surface area contributed by atoms with Crippen LogP contribution >= 0.6 is 0 Å². The van der Waals surface area contributed by atoms with Crippen LogP contribution in [-0.4, -0.2) is 50.2 Å². The maximum Gasteiger partial charge on any atom is 0.329 e. The lowest BCUT2D eigenvalue weighted by molar-refractivity contribution is -0.164. The molecule has 2 aromatic rings. The molecule has 2 heterocycles. The molecule has 1 saturated heterocycles. The first kappa shape index (κ1) is 30.0. The SMILES string of the molecule is COc1ccc(CC[C@H]2OC(=O)[C@@H]3CCCCN3C(=O)[C@@H](C3CCCCC3)C/C=C\COc3cccc2c3)cc1OC. The highest BCUT2D eigenvalue weighted by Crippen LogP contribution is 2.36. The van der Waals surface area contributed by atoms with E-state index in [9.17, 15) is 9.59 Å². The zero-order valence-corrected chi connectivity index (χ0v) is 25.1. The number of carbonyl (C=O) groups is 2. The van der Waals surface area contributed by atoms with Crippen LogP contribution in [0.3, 0.4) is 0 Å². The van der Waals surface area contributed by atoms with Crippen molar-refractivity contribution >= 4 is 11.9 Å². The summed E-state index contributed by atoms with van der Waals surface area (Å²) in [6.07, 6.45) is 13.8. The van der Waals surface area contributed by atoms with Gasteiger partial charge in [-0.2, -0.15) is 0 Å². The van der Waals surface area contributed by atoms with E-state index in [-0.39, 0.29) is 17.8 Å². The highest BCUT2D eigenvalue weighted by molar-refractivity contribution is 5.86. The van der Waals surface area contributed by atoms with Crippen LogP contribution in [0.2, 0.25) is 0 Å². The molecule has 42 heavy (non-hydrogen) atoms. The molecule has 0 unspecified atom stereocenters. The topological polar surface area (TPSA) is 74.3 Å². The minimum absolute atomic E-state index is 0.109. The van der Waals surface area contributed by atoms with Gasteiger partial charge in [0.15, 0.2) is 11.5 Å². The first-order valence-corrected chi connectivity index (χ1v) is 15.7. The summed E-state index contributed by atoms with van der Waals surface area (Å²) in [5, 5.41) is 0. The number of esters is 1. The smallest absolute Gasteiger partial charge is 0.329 e. The molecule has 3 atom stereocenters. The Labute approximate surface area is 250 Å². The lowest BCUT2D eigenvalue weighted by Crippen LogP contribution is -2.52. The van der Waals surface area contributed by atoms with Crippen molar-refractivity contribution < 1.29 is 28.5 Å². The molecule has 1 amide bonds. The van der Waals surface area contributed by atoms with Crippen molar-refractivity contribution in [2.75, 3.05) is 27.4 Å². The molecule has 2 bridgehead atoms. The number of ether oxygens (including phenoxy) is 4. The fourth-order valence-electron chi connectivity index (χ4n) is 6.79. The van der Waals surface area contributed by atoms with E-state index in [1.54, 1.807) is 14.2 Å². The fraction of sp³-hybridized carbons (Fsp3) is 0.543. The van der Waals surface area contributed by atoms with E-state index >= 15 is 0 Å². The molecule has 7 heteroatoms. The normalized spacial score (nSPS) is 24.8. The highest BCUT2D eigenvalue weighted by Gasteiger charge is 2.39. The van der Waals surface area contributed by atoms with Crippen molar-refractivity contribution in [3.63, 3.8) is 0 Å². The van der Waals surface area contributed by atoms with Gasteiger partial charge >= 0.3 is 5.97 Å². The van der Waals surface area contributed by atoms with Crippen LogP contribution in [0.4, 0.5) is 0 Å². The number of carbonyl (C=O) groups excluding carboxylic acids is 2. The van der Waals surface area contributed by atoms with Crippen LogP contribution in [0, 0.1) is 11.8 Å². The quantitative estimate of drug-likeness (QED) is 0.277. The van der Waals surface area contributed by atoms with Crippen LogP contribution in [0.15, 0.2) is 54.6 Å². The van der Waals surface area contributed by atoms with Crippen LogP contribution < -0.4 is 14.2 Å². The summed E-state index contributed by atoms with van der Waals surface area (Å²) in [5.41, 5.74) is 1.94. The number of amides is 1. The van der Waals surface area contributed by atoms with Gasteiger partial charge in [-0.05, 0) is 92.7 Å². The number of fused-ring (bicyclic) bond motifs is 3. The summed E-state index contributed by atoms with van der Waals surface area (Å²) in [6.45, 7) is 1.04. The molecule has 2 aliphatic heterocycles. The first-order chi connectivity index (χ1) is 20.6. The van der Waals surface area contributed by atoms with Gasteiger partial charge in [-0.1, -0.05) is 49.6 Å². The average Bonchev–Trinajstić information content (AvgIpc) is 3.04. The number of aryl methyl sites for hydroxylation is 1. The molecule has 1 saturated carbocycles. The molecule has 0 N–H and O–H groups in total. The molecule has 7 nitrogen and oxygen atoms in total. The minimum Gasteiger partial charge on any atom is -0.493 e. The Morgan fingerprint density at radius 1 is 0.881 bits per heavy atom. The minimum atomic E-state index is -0.547. The summed E-state index contributed by atoms with van der Waals surface area (Å²) in [7, 11) is 3.25. The van der Waals surface area contributed by atoms with E-state index in [2.05, 4.69) is 6.08 Å². The summed E-state index contributed by atoms with van der Waals surface area (Å²) in [6, 6.07) is 13.1. The van der Waals surface area contributed by atoms with E-state index in [0.29, 0.717) is 56.3 Å². The number of benzene rings is 2. The van der Waals surface area contributed by atoms with Gasteiger partial charge in [0.2, 0.25) is 5.91 Å². The molecule has 5 rings (SSSR count). The number of cyclic esters (lactones) is 1. The Morgan fingerprint density at radius 2 is 1.69 bits per heavy atom. The first-order valence-electron chi connectivity index (χ1n) is 15.7. The largest absolute Gasteiger partial charge is 0.493 e. The van der Waals surface area contributed by atoms with Crippen molar-refractivity contribution in [3.8, 4) is 17.2 Å². The molecular weight excluding hydrogens is 530 g/mol. The third-order valence-corrected chi connectivity index (χ3v) is 9.13. The lowest BCUT2D eigenvalue weighted by Gasteiger charge is -2.39. The van der Waals surface area contributed by atoms with Gasteiger partial charge in [0, 0.05) is 12.5 Å². The van der Waals surface area contributed by atoms with Gasteiger partial charge in [0.05, 0.1) is 14.2 Å². The second-order valence-corrected chi connectivity index (χ2v) is 11.8. The molecule has 2 fully saturated rings. The zero-order valence-electron chi connectivity index (χ0n) is 25.1. The molecular formula is C35H45NO6. The third kappa shape index (κ3) is 7.29. The van der Waals surface area contributed by atoms with E-state index in [0.717, 1.165) is 42.6 Å². The molecule has 0 spiro atoms. The molecule has 0 aromatic heterocycles. The van der Waals surface area contributed by atoms with Crippen molar-refractivity contribution in [2.24, 2.45) is 11.8 Å². The van der Waals surface area contributed by atoms with E-state index in [1.807, 2.05) is 53.4 Å². The average molecular weight is 576 g/mol. The zero-order chi connectivity index (χ0) is 29.3. The van der Waals surface area contributed by atoms with Crippen molar-refractivity contribution in [2.45, 2.75) is 82.8 Å². The highest BCUT2D eigenvalue weighted by atomic mass is 16.5. The van der Waals surface area contributed by atoms with Gasteiger partial charge in [-0.15, -0.1) is 0 Å². The summed E-state index contributed by atoms with van der Waals surface area (Å²) >= 11 is 0. The Bertz CT molecular complexity index is 1240.